The van der Waals surface area contributed by atoms with Crippen molar-refractivity contribution in [1.82, 2.24) is 14.9 Å². The quantitative estimate of drug-likeness (QED) is 0.758. The first-order valence-electron chi connectivity index (χ1n) is 4.10. The Balaban J connectivity index is 2.24. The Morgan fingerprint density at radius 1 is 1.33 bits per heavy atom. The SMILES string of the molecule is Clc1ccc(/C=N\n2cncn2)c(Cl)c1. The van der Waals surface area contributed by atoms with Crippen LogP contribution in [0.5, 0.6) is 0 Å². The zero-order valence-corrected chi connectivity index (χ0v) is 9.02. The van der Waals surface area contributed by atoms with Crippen LogP contribution in [0, 0.1) is 0 Å². The van der Waals surface area contributed by atoms with E-state index in [1.54, 1.807) is 24.4 Å². The maximum Gasteiger partial charge on any atom is 0.139 e. The molecular formula is C9H6Cl2N4. The maximum absolute atomic E-state index is 5.95. The Kier molecular flexibility index (Phi) is 2.99. The minimum absolute atomic E-state index is 0.548. The van der Waals surface area contributed by atoms with Crippen molar-refractivity contribution < 1.29 is 0 Å². The molecular weight excluding hydrogens is 235 g/mol. The van der Waals surface area contributed by atoms with Crippen molar-refractivity contribution in [3.63, 3.8) is 0 Å². The average molecular weight is 241 g/mol. The Bertz CT molecular complexity index is 479. The zero-order valence-electron chi connectivity index (χ0n) is 7.51. The molecule has 6 heteroatoms. The highest BCUT2D eigenvalue weighted by Crippen LogP contribution is 2.19. The number of hydrogen-bond donors (Lipinski definition) is 0. The van der Waals surface area contributed by atoms with Gasteiger partial charge in [0.05, 0.1) is 11.2 Å². The third-order valence-corrected chi connectivity index (χ3v) is 2.25. The van der Waals surface area contributed by atoms with Crippen LogP contribution in [-0.4, -0.2) is 21.1 Å². The second-order valence-corrected chi connectivity index (χ2v) is 3.57. The molecule has 0 saturated carbocycles. The molecule has 0 unspecified atom stereocenters. The van der Waals surface area contributed by atoms with Crippen molar-refractivity contribution in [3.05, 3.63) is 46.5 Å². The van der Waals surface area contributed by atoms with Gasteiger partial charge in [0.15, 0.2) is 0 Å². The normalized spacial score (nSPS) is 11.1. The Labute approximate surface area is 96.2 Å². The Morgan fingerprint density at radius 2 is 2.20 bits per heavy atom. The molecule has 0 atom stereocenters. The highest BCUT2D eigenvalue weighted by Gasteiger charge is 1.97. The highest BCUT2D eigenvalue weighted by atomic mass is 35.5. The third-order valence-electron chi connectivity index (χ3n) is 1.68. The number of halogens is 2. The van der Waals surface area contributed by atoms with Crippen LogP contribution in [0.2, 0.25) is 10.0 Å². The Morgan fingerprint density at radius 3 is 2.87 bits per heavy atom. The van der Waals surface area contributed by atoms with Gasteiger partial charge in [0.1, 0.15) is 12.7 Å². The van der Waals surface area contributed by atoms with Gasteiger partial charge < -0.3 is 0 Å². The summed E-state index contributed by atoms with van der Waals surface area (Å²) >= 11 is 11.7. The summed E-state index contributed by atoms with van der Waals surface area (Å²) in [6.07, 6.45) is 4.48. The van der Waals surface area contributed by atoms with Crippen molar-refractivity contribution in [3.8, 4) is 0 Å². The predicted molar refractivity (Wildman–Crippen MR) is 59.5 cm³/mol. The van der Waals surface area contributed by atoms with Crippen LogP contribution in [0.15, 0.2) is 36.0 Å². The molecule has 0 spiro atoms. The van der Waals surface area contributed by atoms with Gasteiger partial charge in [-0.15, -0.1) is 9.89 Å². The van der Waals surface area contributed by atoms with Crippen LogP contribution in [0.3, 0.4) is 0 Å². The summed E-state index contributed by atoms with van der Waals surface area (Å²) in [7, 11) is 0. The summed E-state index contributed by atoms with van der Waals surface area (Å²) in [4.78, 5) is 5.09. The van der Waals surface area contributed by atoms with E-state index in [0.29, 0.717) is 10.0 Å². The topological polar surface area (TPSA) is 43.1 Å². The molecule has 0 aliphatic rings. The van der Waals surface area contributed by atoms with E-state index in [1.165, 1.54) is 17.4 Å². The van der Waals surface area contributed by atoms with Crippen LogP contribution >= 0.6 is 23.2 Å². The molecule has 0 fully saturated rings. The average Bonchev–Trinajstić information content (AvgIpc) is 2.69. The molecule has 0 saturated heterocycles. The van der Waals surface area contributed by atoms with Gasteiger partial charge in [-0.2, -0.15) is 5.10 Å². The smallest absolute Gasteiger partial charge is 0.139 e. The minimum atomic E-state index is 0.548. The molecule has 1 aromatic carbocycles. The molecule has 0 aliphatic heterocycles. The van der Waals surface area contributed by atoms with Crippen LogP contribution in [0.4, 0.5) is 0 Å². The maximum atomic E-state index is 5.95. The van der Waals surface area contributed by atoms with Crippen molar-refractivity contribution in [1.29, 1.82) is 0 Å². The molecule has 0 N–H and O–H groups in total. The number of hydrogen-bond acceptors (Lipinski definition) is 3. The van der Waals surface area contributed by atoms with Crippen LogP contribution < -0.4 is 0 Å². The summed E-state index contributed by atoms with van der Waals surface area (Å²) < 4.78 is 0. The van der Waals surface area contributed by atoms with Crippen molar-refractivity contribution in [2.75, 3.05) is 0 Å². The van der Waals surface area contributed by atoms with Gasteiger partial charge in [0.2, 0.25) is 0 Å². The standard InChI is InChI=1S/C9H6Cl2N4/c10-8-2-1-7(9(11)3-8)4-13-15-6-12-5-14-15/h1-6H/b13-4-. The fourth-order valence-corrected chi connectivity index (χ4v) is 1.45. The lowest BCUT2D eigenvalue weighted by Crippen LogP contribution is -1.91. The van der Waals surface area contributed by atoms with Gasteiger partial charge in [0.25, 0.3) is 0 Å². The lowest BCUT2D eigenvalue weighted by atomic mass is 10.2. The third kappa shape index (κ3) is 2.55. The van der Waals surface area contributed by atoms with E-state index in [4.69, 9.17) is 23.2 Å². The molecule has 15 heavy (non-hydrogen) atoms. The van der Waals surface area contributed by atoms with Crippen LogP contribution in [-0.2, 0) is 0 Å². The second kappa shape index (κ2) is 4.42. The van der Waals surface area contributed by atoms with E-state index in [1.807, 2.05) is 0 Å². The summed E-state index contributed by atoms with van der Waals surface area (Å²) in [5.41, 5.74) is 0.775. The van der Waals surface area contributed by atoms with Gasteiger partial charge >= 0.3 is 0 Å². The van der Waals surface area contributed by atoms with E-state index in [2.05, 4.69) is 15.2 Å². The largest absolute Gasteiger partial charge is 0.221 e. The van der Waals surface area contributed by atoms with Crippen molar-refractivity contribution >= 4 is 29.4 Å². The first-order chi connectivity index (χ1) is 7.25. The summed E-state index contributed by atoms with van der Waals surface area (Å²) in [5.74, 6) is 0. The predicted octanol–water partition coefficient (Wildman–Crippen LogP) is 2.47. The molecule has 1 aromatic heterocycles. The fourth-order valence-electron chi connectivity index (χ4n) is 0.989. The first kappa shape index (κ1) is 10.1. The molecule has 0 bridgehead atoms. The monoisotopic (exact) mass is 240 g/mol. The number of aromatic nitrogens is 3. The summed E-state index contributed by atoms with van der Waals surface area (Å²) in [6.45, 7) is 0. The minimum Gasteiger partial charge on any atom is -0.221 e. The van der Waals surface area contributed by atoms with Crippen LogP contribution in [0.25, 0.3) is 0 Å². The van der Waals surface area contributed by atoms with Gasteiger partial charge in [0, 0.05) is 10.6 Å². The molecule has 2 aromatic rings. The van der Waals surface area contributed by atoms with E-state index >= 15 is 0 Å². The van der Waals surface area contributed by atoms with E-state index < -0.39 is 0 Å². The highest BCUT2D eigenvalue weighted by molar-refractivity contribution is 6.36. The Hall–Kier alpha value is -1.39. The molecule has 2 rings (SSSR count). The second-order valence-electron chi connectivity index (χ2n) is 2.73. The summed E-state index contributed by atoms with van der Waals surface area (Å²) in [5, 5.41) is 8.98. The van der Waals surface area contributed by atoms with Gasteiger partial charge in [-0.3, -0.25) is 0 Å². The number of benzene rings is 1. The molecule has 4 nitrogen and oxygen atoms in total. The number of nitrogens with zero attached hydrogens (tertiary/aromatic N) is 4. The van der Waals surface area contributed by atoms with Gasteiger partial charge in [-0.25, -0.2) is 4.98 Å². The molecule has 1 heterocycles. The van der Waals surface area contributed by atoms with E-state index in [-0.39, 0.29) is 0 Å². The van der Waals surface area contributed by atoms with Crippen molar-refractivity contribution in [2.45, 2.75) is 0 Å². The van der Waals surface area contributed by atoms with E-state index in [9.17, 15) is 0 Å². The lowest BCUT2D eigenvalue weighted by Gasteiger charge is -1.97. The molecule has 0 amide bonds. The molecule has 0 radical (unpaired) electrons. The van der Waals surface area contributed by atoms with E-state index in [0.717, 1.165) is 5.56 Å². The first-order valence-corrected chi connectivity index (χ1v) is 4.85. The van der Waals surface area contributed by atoms with Gasteiger partial charge in [-0.1, -0.05) is 29.3 Å². The van der Waals surface area contributed by atoms with Crippen LogP contribution in [0.1, 0.15) is 5.56 Å². The summed E-state index contributed by atoms with van der Waals surface area (Å²) in [6, 6.07) is 5.19. The molecule has 0 aliphatic carbocycles. The fraction of sp³-hybridized carbons (Fsp3) is 0. The zero-order chi connectivity index (χ0) is 10.7. The lowest BCUT2D eigenvalue weighted by molar-refractivity contribution is 0.743. The number of rotatable bonds is 2. The van der Waals surface area contributed by atoms with Gasteiger partial charge in [-0.05, 0) is 12.1 Å². The van der Waals surface area contributed by atoms with Crippen molar-refractivity contribution in [2.24, 2.45) is 5.10 Å². The molecule has 76 valence electrons.